The van der Waals surface area contributed by atoms with E-state index >= 15 is 0 Å². The van der Waals surface area contributed by atoms with Gasteiger partial charge < -0.3 is 9.80 Å². The van der Waals surface area contributed by atoms with Gasteiger partial charge in [-0.2, -0.15) is 5.10 Å². The van der Waals surface area contributed by atoms with Gasteiger partial charge in [-0.25, -0.2) is 0 Å². The number of rotatable bonds is 6. The third-order valence-electron chi connectivity index (χ3n) is 4.98. The van der Waals surface area contributed by atoms with Crippen molar-refractivity contribution in [2.45, 2.75) is 13.0 Å². The quantitative estimate of drug-likeness (QED) is 0.731. The zero-order valence-electron chi connectivity index (χ0n) is 15.5. The standard InChI is InChI=1S/C22H24N4O/c1-25(16-19-13-21(24-23-19)18-8-4-2-5-9-18)14-17-12-22(27)26(15-17)20-10-6-3-7-11-20/h2-11,13,17H,12,14-16H2,1H3,(H,23,24)/t17-/m0/s1. The third kappa shape index (κ3) is 4.09. The van der Waals surface area contributed by atoms with Gasteiger partial charge in [0.25, 0.3) is 0 Å². The van der Waals surface area contributed by atoms with Crippen LogP contribution in [0.5, 0.6) is 0 Å². The molecule has 1 aromatic heterocycles. The average molecular weight is 360 g/mol. The number of nitrogens with one attached hydrogen (secondary N) is 1. The molecule has 1 fully saturated rings. The Kier molecular flexibility index (Phi) is 5.03. The zero-order valence-corrected chi connectivity index (χ0v) is 15.5. The number of para-hydroxylation sites is 1. The van der Waals surface area contributed by atoms with Crippen molar-refractivity contribution >= 4 is 11.6 Å². The van der Waals surface area contributed by atoms with E-state index in [0.717, 1.165) is 42.3 Å². The lowest BCUT2D eigenvalue weighted by molar-refractivity contribution is -0.117. The first kappa shape index (κ1) is 17.5. The van der Waals surface area contributed by atoms with Gasteiger partial charge >= 0.3 is 0 Å². The van der Waals surface area contributed by atoms with Gasteiger partial charge in [0.2, 0.25) is 5.91 Å². The van der Waals surface area contributed by atoms with Crippen molar-refractivity contribution in [3.05, 3.63) is 72.4 Å². The molecule has 27 heavy (non-hydrogen) atoms. The van der Waals surface area contributed by atoms with Crippen LogP contribution in [0.2, 0.25) is 0 Å². The Hall–Kier alpha value is -2.92. The summed E-state index contributed by atoms with van der Waals surface area (Å²) in [6, 6.07) is 22.2. The maximum absolute atomic E-state index is 12.4. The number of anilines is 1. The maximum Gasteiger partial charge on any atom is 0.227 e. The van der Waals surface area contributed by atoms with Gasteiger partial charge in [0.15, 0.2) is 0 Å². The average Bonchev–Trinajstić information content (AvgIpc) is 3.29. The molecule has 0 radical (unpaired) electrons. The molecule has 5 nitrogen and oxygen atoms in total. The summed E-state index contributed by atoms with van der Waals surface area (Å²) in [5, 5.41) is 7.56. The van der Waals surface area contributed by atoms with Gasteiger partial charge in [-0.1, -0.05) is 48.5 Å². The van der Waals surface area contributed by atoms with Gasteiger partial charge in [-0.3, -0.25) is 9.89 Å². The van der Waals surface area contributed by atoms with Crippen molar-refractivity contribution in [1.29, 1.82) is 0 Å². The lowest BCUT2D eigenvalue weighted by atomic mass is 10.1. The first-order valence-electron chi connectivity index (χ1n) is 9.33. The minimum Gasteiger partial charge on any atom is -0.312 e. The normalized spacial score (nSPS) is 17.0. The van der Waals surface area contributed by atoms with Crippen molar-refractivity contribution < 1.29 is 4.79 Å². The largest absolute Gasteiger partial charge is 0.312 e. The zero-order chi connectivity index (χ0) is 18.6. The molecule has 4 rings (SSSR count). The summed E-state index contributed by atoms with van der Waals surface area (Å²) < 4.78 is 0. The second kappa shape index (κ2) is 7.76. The Morgan fingerprint density at radius 2 is 1.81 bits per heavy atom. The molecule has 1 amide bonds. The Labute approximate surface area is 159 Å². The van der Waals surface area contributed by atoms with Crippen LogP contribution in [0.4, 0.5) is 5.69 Å². The van der Waals surface area contributed by atoms with Crippen LogP contribution < -0.4 is 4.90 Å². The van der Waals surface area contributed by atoms with Crippen LogP contribution >= 0.6 is 0 Å². The molecule has 0 saturated carbocycles. The maximum atomic E-state index is 12.4. The Balaban J connectivity index is 1.34. The van der Waals surface area contributed by atoms with Gasteiger partial charge in [-0.05, 0) is 31.2 Å². The van der Waals surface area contributed by atoms with Crippen molar-refractivity contribution in [2.75, 3.05) is 25.0 Å². The Morgan fingerprint density at radius 3 is 2.56 bits per heavy atom. The van der Waals surface area contributed by atoms with Gasteiger partial charge in [0.05, 0.1) is 5.69 Å². The lowest BCUT2D eigenvalue weighted by Gasteiger charge is -2.21. The minimum absolute atomic E-state index is 0.215. The number of amides is 1. The molecule has 1 aliphatic heterocycles. The number of aromatic amines is 1. The number of carbonyl (C=O) groups excluding carboxylic acids is 1. The van der Waals surface area contributed by atoms with Crippen molar-refractivity contribution in [2.24, 2.45) is 5.92 Å². The van der Waals surface area contributed by atoms with E-state index in [1.165, 1.54) is 0 Å². The predicted molar refractivity (Wildman–Crippen MR) is 107 cm³/mol. The van der Waals surface area contributed by atoms with Crippen LogP contribution in [-0.4, -0.2) is 41.1 Å². The van der Waals surface area contributed by atoms with E-state index in [0.29, 0.717) is 12.3 Å². The Bertz CT molecular complexity index is 891. The highest BCUT2D eigenvalue weighted by Gasteiger charge is 2.31. The molecule has 0 aliphatic carbocycles. The molecule has 1 aliphatic rings. The fraction of sp³-hybridized carbons (Fsp3) is 0.273. The molecular weight excluding hydrogens is 336 g/mol. The number of nitrogens with zero attached hydrogens (tertiary/aromatic N) is 3. The number of aromatic nitrogens is 2. The molecule has 0 bridgehead atoms. The van der Waals surface area contributed by atoms with Crippen LogP contribution in [-0.2, 0) is 11.3 Å². The highest BCUT2D eigenvalue weighted by atomic mass is 16.2. The summed E-state index contributed by atoms with van der Waals surface area (Å²) in [5.74, 6) is 0.562. The van der Waals surface area contributed by atoms with Crippen molar-refractivity contribution in [1.82, 2.24) is 15.1 Å². The minimum atomic E-state index is 0.215. The lowest BCUT2D eigenvalue weighted by Crippen LogP contribution is -2.28. The summed E-state index contributed by atoms with van der Waals surface area (Å²) in [6.07, 6.45) is 0.609. The molecular formula is C22H24N4O. The molecule has 138 valence electrons. The number of H-pyrrole nitrogens is 1. The van der Waals surface area contributed by atoms with E-state index in [1.54, 1.807) is 0 Å². The van der Waals surface area contributed by atoms with Crippen LogP contribution in [0.3, 0.4) is 0 Å². The second-order valence-corrected chi connectivity index (χ2v) is 7.25. The van der Waals surface area contributed by atoms with Crippen LogP contribution in [0.15, 0.2) is 66.7 Å². The van der Waals surface area contributed by atoms with Gasteiger partial charge in [-0.15, -0.1) is 0 Å². The topological polar surface area (TPSA) is 52.2 Å². The van der Waals surface area contributed by atoms with Gasteiger partial charge in [0.1, 0.15) is 0 Å². The fourth-order valence-electron chi connectivity index (χ4n) is 3.76. The summed E-state index contributed by atoms with van der Waals surface area (Å²) in [6.45, 7) is 2.45. The smallest absolute Gasteiger partial charge is 0.227 e. The number of hydrogen-bond donors (Lipinski definition) is 1. The fourth-order valence-corrected chi connectivity index (χ4v) is 3.76. The molecule has 3 aromatic rings. The molecule has 1 N–H and O–H groups in total. The third-order valence-corrected chi connectivity index (χ3v) is 4.98. The summed E-state index contributed by atoms with van der Waals surface area (Å²) >= 11 is 0. The first-order valence-corrected chi connectivity index (χ1v) is 9.33. The number of benzene rings is 2. The number of hydrogen-bond acceptors (Lipinski definition) is 3. The van der Waals surface area contributed by atoms with E-state index in [1.807, 2.05) is 53.4 Å². The predicted octanol–water partition coefficient (Wildman–Crippen LogP) is 3.56. The van der Waals surface area contributed by atoms with Crippen LogP contribution in [0.1, 0.15) is 12.1 Å². The first-order chi connectivity index (χ1) is 13.2. The monoisotopic (exact) mass is 360 g/mol. The summed E-state index contributed by atoms with van der Waals surface area (Å²) in [7, 11) is 2.10. The van der Waals surface area contributed by atoms with E-state index in [9.17, 15) is 4.79 Å². The second-order valence-electron chi connectivity index (χ2n) is 7.25. The van der Waals surface area contributed by atoms with E-state index in [4.69, 9.17) is 0 Å². The highest BCUT2D eigenvalue weighted by Crippen LogP contribution is 2.25. The van der Waals surface area contributed by atoms with Crippen molar-refractivity contribution in [3.8, 4) is 11.3 Å². The molecule has 5 heteroatoms. The van der Waals surface area contributed by atoms with Crippen LogP contribution in [0.25, 0.3) is 11.3 Å². The van der Waals surface area contributed by atoms with Gasteiger partial charge in [0, 0.05) is 43.0 Å². The molecule has 1 saturated heterocycles. The molecule has 2 heterocycles. The SMILES string of the molecule is CN(Cc1cc(-c2ccccc2)n[nH]1)C[C@@H]1CC(=O)N(c2ccccc2)C1. The summed E-state index contributed by atoms with van der Waals surface area (Å²) in [4.78, 5) is 16.5. The molecule has 0 unspecified atom stereocenters. The highest BCUT2D eigenvalue weighted by molar-refractivity contribution is 5.95. The summed E-state index contributed by atoms with van der Waals surface area (Å²) in [5.41, 5.74) is 4.15. The molecule has 0 spiro atoms. The van der Waals surface area contributed by atoms with E-state index < -0.39 is 0 Å². The van der Waals surface area contributed by atoms with E-state index in [2.05, 4.69) is 40.3 Å². The Morgan fingerprint density at radius 1 is 1.11 bits per heavy atom. The molecule has 2 aromatic carbocycles. The van der Waals surface area contributed by atoms with E-state index in [-0.39, 0.29) is 5.91 Å². The van der Waals surface area contributed by atoms with Crippen LogP contribution in [0, 0.1) is 5.92 Å². The molecule has 1 atom stereocenters. The van der Waals surface area contributed by atoms with Crippen molar-refractivity contribution in [3.63, 3.8) is 0 Å². The number of carbonyl (C=O) groups is 1.